The number of alkyl halides is 4. The first kappa shape index (κ1) is 37.3. The van der Waals surface area contributed by atoms with Gasteiger partial charge in [0, 0.05) is 31.7 Å². The zero-order valence-corrected chi connectivity index (χ0v) is 26.0. The number of anilines is 2. The van der Waals surface area contributed by atoms with E-state index in [-0.39, 0.29) is 11.9 Å². The molecular formula is C29H45ClF4N6. The Morgan fingerprint density at radius 3 is 2.23 bits per heavy atom. The van der Waals surface area contributed by atoms with Crippen LogP contribution < -0.4 is 10.2 Å². The van der Waals surface area contributed by atoms with Crippen molar-refractivity contribution in [1.29, 1.82) is 0 Å². The monoisotopic (exact) mass is 588 g/mol. The second-order valence-electron chi connectivity index (χ2n) is 8.95. The number of hydrogen-bond donors (Lipinski definition) is 1. The van der Waals surface area contributed by atoms with Gasteiger partial charge in [-0.2, -0.15) is 13.2 Å². The Hall–Kier alpha value is -2.72. The van der Waals surface area contributed by atoms with E-state index >= 15 is 0 Å². The predicted molar refractivity (Wildman–Crippen MR) is 161 cm³/mol. The van der Waals surface area contributed by atoms with Crippen molar-refractivity contribution in [3.63, 3.8) is 0 Å². The van der Waals surface area contributed by atoms with E-state index in [1.807, 2.05) is 39.5 Å². The molecule has 226 valence electrons. The summed E-state index contributed by atoms with van der Waals surface area (Å²) < 4.78 is 52.2. The molecule has 0 saturated carbocycles. The Morgan fingerprint density at radius 1 is 1.18 bits per heavy atom. The van der Waals surface area contributed by atoms with Crippen molar-refractivity contribution in [3.05, 3.63) is 59.3 Å². The van der Waals surface area contributed by atoms with E-state index in [2.05, 4.69) is 46.2 Å². The number of hydrogen-bond acceptors (Lipinski definition) is 5. The molecule has 3 rings (SSSR count). The molecule has 0 aromatic carbocycles. The van der Waals surface area contributed by atoms with Crippen molar-refractivity contribution in [1.82, 2.24) is 14.9 Å². The van der Waals surface area contributed by atoms with E-state index in [0.29, 0.717) is 30.3 Å². The maximum Gasteiger partial charge on any atom is 0.433 e. The highest BCUT2D eigenvalue weighted by atomic mass is 35.5. The van der Waals surface area contributed by atoms with Gasteiger partial charge in [0.2, 0.25) is 0 Å². The zero-order valence-electron chi connectivity index (χ0n) is 25.2. The van der Waals surface area contributed by atoms with Crippen molar-refractivity contribution >= 4 is 28.9 Å². The van der Waals surface area contributed by atoms with Gasteiger partial charge in [-0.3, -0.25) is 4.99 Å². The molecule has 11 heteroatoms. The number of amidine groups is 1. The van der Waals surface area contributed by atoms with Crippen LogP contribution in [0.1, 0.15) is 60.1 Å². The lowest BCUT2D eigenvalue weighted by atomic mass is 9.94. The molecule has 1 aliphatic rings. The van der Waals surface area contributed by atoms with Crippen molar-refractivity contribution in [2.24, 2.45) is 4.99 Å². The van der Waals surface area contributed by atoms with Crippen LogP contribution in [0.15, 0.2) is 52.8 Å². The fraction of sp³-hybridized carbons (Fsp3) is 0.552. The molecule has 0 saturated heterocycles. The third-order valence-electron chi connectivity index (χ3n) is 5.46. The number of pyridine rings is 2. The highest BCUT2D eigenvalue weighted by molar-refractivity contribution is 6.17. The Bertz CT molecular complexity index is 1040. The molecule has 0 fully saturated rings. The smallest absolute Gasteiger partial charge is 0.347 e. The highest BCUT2D eigenvalue weighted by Crippen LogP contribution is 2.30. The van der Waals surface area contributed by atoms with E-state index in [0.717, 1.165) is 29.3 Å². The van der Waals surface area contributed by atoms with Crippen LogP contribution in [0.4, 0.5) is 29.1 Å². The van der Waals surface area contributed by atoms with Crippen LogP contribution in [0.5, 0.6) is 0 Å². The summed E-state index contributed by atoms with van der Waals surface area (Å²) in [5.41, 5.74) is 1.37. The molecule has 2 aromatic heterocycles. The normalized spacial score (nSPS) is 15.3. The minimum atomic E-state index is -4.48. The van der Waals surface area contributed by atoms with Crippen LogP contribution >= 0.6 is 11.6 Å². The van der Waals surface area contributed by atoms with Crippen LogP contribution in [0, 0.1) is 5.82 Å². The van der Waals surface area contributed by atoms with Crippen LogP contribution in [0.2, 0.25) is 0 Å². The van der Waals surface area contributed by atoms with Gasteiger partial charge >= 0.3 is 6.18 Å². The number of nitrogens with zero attached hydrogens (tertiary/aromatic N) is 5. The zero-order chi connectivity index (χ0) is 30.9. The topological polar surface area (TPSA) is 56.6 Å². The Morgan fingerprint density at radius 2 is 1.80 bits per heavy atom. The number of rotatable bonds is 5. The molecule has 3 heterocycles. The van der Waals surface area contributed by atoms with Gasteiger partial charge in [-0.25, -0.2) is 14.4 Å². The summed E-state index contributed by atoms with van der Waals surface area (Å²) in [7, 11) is 5.78. The molecule has 0 radical (unpaired) electrons. The molecule has 1 aliphatic heterocycles. The average Bonchev–Trinajstić information content (AvgIpc) is 2.91. The standard InChI is InChI=1S/C20H21F4N5.C5H13N.C2H5Cl.C2H6/c1-12-11-29(19-16(21)5-4-8-26-19)13(2)9-15(12)18(25-3)28-14-6-7-17(27-10-14)20(22,23)24;1-4-5-6(2)3;1-2-3;1-2/h4-8,10,13H,9,11H2,1-3H3,(H,25,28);4-5H2,1-3H3;2H2,1H3;1-2H3. The highest BCUT2D eigenvalue weighted by Gasteiger charge is 2.32. The first-order valence-corrected chi connectivity index (χ1v) is 14.0. The lowest BCUT2D eigenvalue weighted by Crippen LogP contribution is -2.41. The van der Waals surface area contributed by atoms with Gasteiger partial charge in [0.1, 0.15) is 11.5 Å². The van der Waals surface area contributed by atoms with Gasteiger partial charge in [-0.15, -0.1) is 11.6 Å². The first-order valence-electron chi connectivity index (χ1n) is 13.4. The first-order chi connectivity index (χ1) is 18.9. The maximum absolute atomic E-state index is 14.2. The summed E-state index contributed by atoms with van der Waals surface area (Å²) >= 11 is 5.00. The second-order valence-corrected chi connectivity index (χ2v) is 9.48. The number of nitrogens with one attached hydrogen (secondary N) is 1. The van der Waals surface area contributed by atoms with Crippen molar-refractivity contribution in [2.45, 2.75) is 66.6 Å². The van der Waals surface area contributed by atoms with Crippen molar-refractivity contribution < 1.29 is 17.6 Å². The van der Waals surface area contributed by atoms with E-state index in [1.54, 1.807) is 19.3 Å². The second kappa shape index (κ2) is 19.4. The number of aromatic nitrogens is 2. The molecular weight excluding hydrogens is 544 g/mol. The number of halogens is 5. The molecule has 0 spiro atoms. The van der Waals surface area contributed by atoms with Crippen molar-refractivity contribution in [3.8, 4) is 0 Å². The van der Waals surface area contributed by atoms with E-state index in [9.17, 15) is 17.6 Å². The van der Waals surface area contributed by atoms with Crippen LogP contribution in [-0.4, -0.2) is 66.9 Å². The summed E-state index contributed by atoms with van der Waals surface area (Å²) in [5, 5.41) is 3.05. The van der Waals surface area contributed by atoms with E-state index in [1.165, 1.54) is 25.1 Å². The van der Waals surface area contributed by atoms with Gasteiger partial charge in [-0.05, 0) is 82.7 Å². The molecule has 1 unspecified atom stereocenters. The minimum Gasteiger partial charge on any atom is -0.347 e. The fourth-order valence-corrected chi connectivity index (χ4v) is 3.74. The minimum absolute atomic E-state index is 0.0395. The maximum atomic E-state index is 14.2. The molecule has 40 heavy (non-hydrogen) atoms. The Kier molecular flexibility index (Phi) is 18.1. The molecule has 0 aliphatic carbocycles. The van der Waals surface area contributed by atoms with Gasteiger partial charge in [0.15, 0.2) is 11.6 Å². The summed E-state index contributed by atoms with van der Waals surface area (Å²) in [5.74, 6) is 1.19. The Balaban J connectivity index is 0.00000119. The van der Waals surface area contributed by atoms with Gasteiger partial charge < -0.3 is 15.1 Å². The molecule has 1 N–H and O–H groups in total. The molecule has 0 bridgehead atoms. The SMILES string of the molecule is CC.CCCN(C)C.CCCl.CN=C(Nc1ccc(C(F)(F)F)nc1)C1=C(C)CN(c2ncccc2F)C(C)C1. The van der Waals surface area contributed by atoms with Gasteiger partial charge in [-0.1, -0.05) is 27.7 Å². The van der Waals surface area contributed by atoms with E-state index < -0.39 is 11.9 Å². The summed E-state index contributed by atoms with van der Waals surface area (Å²) in [4.78, 5) is 16.0. The Labute approximate surface area is 242 Å². The molecule has 1 atom stereocenters. The summed E-state index contributed by atoms with van der Waals surface area (Å²) in [6.45, 7) is 13.6. The van der Waals surface area contributed by atoms with E-state index in [4.69, 9.17) is 11.6 Å². The largest absolute Gasteiger partial charge is 0.433 e. The fourth-order valence-electron chi connectivity index (χ4n) is 3.74. The molecule has 2 aromatic rings. The predicted octanol–water partition coefficient (Wildman–Crippen LogP) is 7.92. The molecule has 6 nitrogen and oxygen atoms in total. The lowest BCUT2D eigenvalue weighted by Gasteiger charge is -2.37. The average molecular weight is 589 g/mol. The van der Waals surface area contributed by atoms with Crippen LogP contribution in [0.25, 0.3) is 0 Å². The summed E-state index contributed by atoms with van der Waals surface area (Å²) in [6.07, 6.45) is 0.0361. The number of aliphatic imine (C=N–C) groups is 1. The quantitative estimate of drug-likeness (QED) is 0.166. The van der Waals surface area contributed by atoms with Gasteiger partial charge in [0.25, 0.3) is 0 Å². The summed E-state index contributed by atoms with van der Waals surface area (Å²) in [6, 6.07) is 5.13. The van der Waals surface area contributed by atoms with Crippen LogP contribution in [0.3, 0.4) is 0 Å². The third kappa shape index (κ3) is 12.6. The van der Waals surface area contributed by atoms with Gasteiger partial charge in [0.05, 0.1) is 11.9 Å². The molecule has 0 amide bonds. The third-order valence-corrected chi connectivity index (χ3v) is 5.46. The van der Waals surface area contributed by atoms with Crippen molar-refractivity contribution in [2.75, 3.05) is 50.3 Å². The lowest BCUT2D eigenvalue weighted by molar-refractivity contribution is -0.141. The van der Waals surface area contributed by atoms with Crippen LogP contribution in [-0.2, 0) is 6.18 Å².